The van der Waals surface area contributed by atoms with E-state index in [0.717, 1.165) is 55.8 Å². The first-order valence-electron chi connectivity index (χ1n) is 17.2. The first-order valence-corrected chi connectivity index (χ1v) is 17.2. The van der Waals surface area contributed by atoms with Crippen LogP contribution in [0.1, 0.15) is 5.56 Å². The monoisotopic (exact) mass is 694 g/mol. The summed E-state index contributed by atoms with van der Waals surface area (Å²) in [5.41, 5.74) is 6.53. The van der Waals surface area contributed by atoms with Crippen molar-refractivity contribution in [2.45, 2.75) is 6.18 Å². The van der Waals surface area contributed by atoms with E-state index in [1.165, 1.54) is 12.1 Å². The molecule has 0 aliphatic carbocycles. The van der Waals surface area contributed by atoms with Crippen LogP contribution in [-0.2, 0) is 6.18 Å². The van der Waals surface area contributed by atoms with E-state index < -0.39 is 11.7 Å². The number of alkyl halides is 3. The molecule has 0 aliphatic rings. The van der Waals surface area contributed by atoms with Crippen molar-refractivity contribution in [2.75, 3.05) is 0 Å². The van der Waals surface area contributed by atoms with Crippen molar-refractivity contribution in [2.24, 2.45) is 0 Å². The fourth-order valence-electron chi connectivity index (χ4n) is 7.05. The van der Waals surface area contributed by atoms with Crippen LogP contribution in [0.15, 0.2) is 176 Å². The fraction of sp³-hybridized carbons (Fsp3) is 0.0217. The third-order valence-corrected chi connectivity index (χ3v) is 9.50. The topological polar surface area (TPSA) is 43.6 Å². The van der Waals surface area contributed by atoms with Gasteiger partial charge in [0.25, 0.3) is 0 Å². The standard InChI is InChI=1S/C46H29F3N4/c47-46(48,49)40-22-12-10-20-36(40)35-26-25-34(53-41-23-13-11-21-37(41)38-28-33(24-27-42(38)53)30-14-4-1-5-15-30)29-39(35)45-51-43(31-16-6-2-7-17-31)50-44(52-45)32-18-8-3-9-19-32/h1-29H. The van der Waals surface area contributed by atoms with Gasteiger partial charge in [0.05, 0.1) is 16.6 Å². The minimum atomic E-state index is -4.58. The summed E-state index contributed by atoms with van der Waals surface area (Å²) < 4.78 is 46.0. The molecular weight excluding hydrogens is 666 g/mol. The highest BCUT2D eigenvalue weighted by Crippen LogP contribution is 2.43. The SMILES string of the molecule is FC(F)(F)c1ccccc1-c1ccc(-n2c3ccccc3c3cc(-c4ccccc4)ccc32)cc1-c1nc(-c2ccccc2)nc(-c2ccccc2)n1. The van der Waals surface area contributed by atoms with Crippen molar-refractivity contribution in [3.05, 3.63) is 181 Å². The van der Waals surface area contributed by atoms with Gasteiger partial charge in [0.1, 0.15) is 0 Å². The lowest BCUT2D eigenvalue weighted by molar-refractivity contribution is -0.137. The molecule has 53 heavy (non-hydrogen) atoms. The second-order valence-corrected chi connectivity index (χ2v) is 12.8. The minimum Gasteiger partial charge on any atom is -0.309 e. The Morgan fingerprint density at radius 1 is 0.377 bits per heavy atom. The van der Waals surface area contributed by atoms with Crippen molar-refractivity contribution in [1.82, 2.24) is 19.5 Å². The van der Waals surface area contributed by atoms with Gasteiger partial charge < -0.3 is 4.57 Å². The molecule has 0 amide bonds. The zero-order chi connectivity index (χ0) is 35.9. The van der Waals surface area contributed by atoms with Crippen molar-refractivity contribution in [1.29, 1.82) is 0 Å². The van der Waals surface area contributed by atoms with Crippen LogP contribution in [0, 0.1) is 0 Å². The van der Waals surface area contributed by atoms with Gasteiger partial charge in [-0.3, -0.25) is 0 Å². The first-order chi connectivity index (χ1) is 25.9. The largest absolute Gasteiger partial charge is 0.417 e. The fourth-order valence-corrected chi connectivity index (χ4v) is 7.05. The molecular formula is C46H29F3N4. The van der Waals surface area contributed by atoms with Crippen molar-refractivity contribution >= 4 is 21.8 Å². The number of aromatic nitrogens is 4. The molecule has 0 fully saturated rings. The third kappa shape index (κ3) is 5.92. The van der Waals surface area contributed by atoms with Crippen molar-refractivity contribution in [3.8, 4) is 62.1 Å². The van der Waals surface area contributed by atoms with Gasteiger partial charge in [0, 0.05) is 33.2 Å². The van der Waals surface area contributed by atoms with Crippen LogP contribution in [-0.4, -0.2) is 19.5 Å². The van der Waals surface area contributed by atoms with E-state index in [1.54, 1.807) is 12.1 Å². The zero-order valence-corrected chi connectivity index (χ0v) is 28.2. The van der Waals surface area contributed by atoms with Gasteiger partial charge in [-0.05, 0) is 58.7 Å². The van der Waals surface area contributed by atoms with E-state index in [1.807, 2.05) is 103 Å². The summed E-state index contributed by atoms with van der Waals surface area (Å²) >= 11 is 0. The van der Waals surface area contributed by atoms with Gasteiger partial charge in [0.15, 0.2) is 17.5 Å². The Morgan fingerprint density at radius 2 is 0.925 bits per heavy atom. The van der Waals surface area contributed by atoms with Crippen LogP contribution in [0.4, 0.5) is 13.2 Å². The van der Waals surface area contributed by atoms with Crippen LogP contribution in [0.3, 0.4) is 0 Å². The molecule has 2 heterocycles. The third-order valence-electron chi connectivity index (χ3n) is 9.50. The highest BCUT2D eigenvalue weighted by atomic mass is 19.4. The molecule has 0 atom stereocenters. The number of benzene rings is 7. The summed E-state index contributed by atoms with van der Waals surface area (Å²) in [6.07, 6.45) is -4.58. The zero-order valence-electron chi connectivity index (χ0n) is 28.2. The van der Waals surface area contributed by atoms with Crippen LogP contribution in [0.2, 0.25) is 0 Å². The molecule has 2 aromatic heterocycles. The molecule has 4 nitrogen and oxygen atoms in total. The van der Waals surface area contributed by atoms with E-state index in [4.69, 9.17) is 15.0 Å². The Bertz CT molecular complexity index is 2700. The molecule has 254 valence electrons. The van der Waals surface area contributed by atoms with Gasteiger partial charge in [-0.15, -0.1) is 0 Å². The maximum Gasteiger partial charge on any atom is 0.417 e. The van der Waals surface area contributed by atoms with E-state index in [0.29, 0.717) is 22.8 Å². The number of halogens is 3. The summed E-state index contributed by atoms with van der Waals surface area (Å²) in [6, 6.07) is 55.0. The molecule has 7 aromatic carbocycles. The predicted octanol–water partition coefficient (Wildman–Crippen LogP) is 12.3. The molecule has 7 heteroatoms. The molecule has 0 saturated carbocycles. The smallest absolute Gasteiger partial charge is 0.309 e. The minimum absolute atomic E-state index is 0.0409. The Balaban J connectivity index is 1.33. The number of hydrogen-bond acceptors (Lipinski definition) is 3. The average molecular weight is 695 g/mol. The van der Waals surface area contributed by atoms with Crippen LogP contribution in [0.25, 0.3) is 83.9 Å². The lowest BCUT2D eigenvalue weighted by Gasteiger charge is -2.18. The first kappa shape index (κ1) is 32.1. The van der Waals surface area contributed by atoms with Crippen molar-refractivity contribution < 1.29 is 13.2 Å². The highest BCUT2D eigenvalue weighted by molar-refractivity contribution is 6.10. The number of nitrogens with zero attached hydrogens (tertiary/aromatic N) is 4. The number of rotatable bonds is 6. The molecule has 0 radical (unpaired) electrons. The molecule has 0 bridgehead atoms. The second kappa shape index (κ2) is 13.0. The molecule has 0 unspecified atom stereocenters. The summed E-state index contributed by atoms with van der Waals surface area (Å²) in [5.74, 6) is 1.10. The molecule has 0 saturated heterocycles. The molecule has 9 aromatic rings. The summed E-state index contributed by atoms with van der Waals surface area (Å²) in [7, 11) is 0. The molecule has 0 N–H and O–H groups in total. The lowest BCUT2D eigenvalue weighted by Crippen LogP contribution is -2.08. The van der Waals surface area contributed by atoms with Crippen LogP contribution < -0.4 is 0 Å². The number of hydrogen-bond donors (Lipinski definition) is 0. The maximum atomic E-state index is 14.6. The molecule has 9 rings (SSSR count). The molecule has 0 spiro atoms. The number of para-hydroxylation sites is 1. The lowest BCUT2D eigenvalue weighted by atomic mass is 9.94. The normalized spacial score (nSPS) is 11.7. The summed E-state index contributed by atoms with van der Waals surface area (Å²) in [6.45, 7) is 0. The summed E-state index contributed by atoms with van der Waals surface area (Å²) in [5, 5.41) is 2.12. The highest BCUT2D eigenvalue weighted by Gasteiger charge is 2.34. The van der Waals surface area contributed by atoms with Crippen LogP contribution in [0.5, 0.6) is 0 Å². The van der Waals surface area contributed by atoms with Gasteiger partial charge in [0.2, 0.25) is 0 Å². The van der Waals surface area contributed by atoms with Crippen LogP contribution >= 0.6 is 0 Å². The van der Waals surface area contributed by atoms with Gasteiger partial charge in [-0.25, -0.2) is 15.0 Å². The Kier molecular flexibility index (Phi) is 7.89. The van der Waals surface area contributed by atoms with Crippen molar-refractivity contribution in [3.63, 3.8) is 0 Å². The predicted molar refractivity (Wildman–Crippen MR) is 206 cm³/mol. The molecule has 0 aliphatic heterocycles. The van der Waals surface area contributed by atoms with Gasteiger partial charge in [-0.2, -0.15) is 13.2 Å². The van der Waals surface area contributed by atoms with Gasteiger partial charge in [-0.1, -0.05) is 140 Å². The Labute approximate surface area is 303 Å². The van der Waals surface area contributed by atoms with E-state index in [9.17, 15) is 13.2 Å². The average Bonchev–Trinajstić information content (AvgIpc) is 3.55. The number of fused-ring (bicyclic) bond motifs is 3. The van der Waals surface area contributed by atoms with E-state index in [-0.39, 0.29) is 11.4 Å². The summed E-state index contributed by atoms with van der Waals surface area (Å²) in [4.78, 5) is 14.8. The van der Waals surface area contributed by atoms with E-state index in [2.05, 4.69) is 47.0 Å². The second-order valence-electron chi connectivity index (χ2n) is 12.8. The quantitative estimate of drug-likeness (QED) is 0.174. The van der Waals surface area contributed by atoms with E-state index >= 15 is 0 Å². The Morgan fingerprint density at radius 3 is 1.58 bits per heavy atom. The van der Waals surface area contributed by atoms with Gasteiger partial charge >= 0.3 is 6.18 Å². The Hall–Kier alpha value is -6.86. The maximum absolute atomic E-state index is 14.6.